The first-order valence-corrected chi connectivity index (χ1v) is 7.71. The van der Waals surface area contributed by atoms with Crippen molar-refractivity contribution >= 4 is 22.4 Å². The predicted molar refractivity (Wildman–Crippen MR) is 94.8 cm³/mol. The van der Waals surface area contributed by atoms with Gasteiger partial charge < -0.3 is 4.74 Å². The molecule has 0 aliphatic carbocycles. The zero-order valence-corrected chi connectivity index (χ0v) is 14.3. The molecular weight excluding hydrogens is 338 g/mol. The van der Waals surface area contributed by atoms with Gasteiger partial charge in [0, 0.05) is 23.7 Å². The normalized spacial score (nSPS) is 10.7. The Morgan fingerprint density at radius 1 is 1.23 bits per heavy atom. The van der Waals surface area contributed by atoms with Crippen LogP contribution in [0, 0.1) is 24.0 Å². The third-order valence-corrected chi connectivity index (χ3v) is 4.13. The van der Waals surface area contributed by atoms with Crippen LogP contribution in [0.2, 0.25) is 0 Å². The number of fused-ring (bicyclic) bond motifs is 1. The number of aromatic nitrogens is 2. The van der Waals surface area contributed by atoms with Gasteiger partial charge in [-0.2, -0.15) is 0 Å². The Balaban J connectivity index is 2.34. The smallest absolute Gasteiger partial charge is 0.340 e. The van der Waals surface area contributed by atoms with Crippen molar-refractivity contribution < 1.29 is 14.5 Å². The van der Waals surface area contributed by atoms with Crippen LogP contribution in [0.3, 0.4) is 0 Å². The molecule has 3 rings (SSSR count). The van der Waals surface area contributed by atoms with Gasteiger partial charge >= 0.3 is 5.97 Å². The molecule has 0 aliphatic rings. The van der Waals surface area contributed by atoms with Gasteiger partial charge in [0.25, 0.3) is 11.2 Å². The fourth-order valence-electron chi connectivity index (χ4n) is 2.97. The molecule has 0 amide bonds. The highest BCUT2D eigenvalue weighted by molar-refractivity contribution is 6.05. The van der Waals surface area contributed by atoms with Crippen molar-refractivity contribution in [3.05, 3.63) is 73.9 Å². The first kappa shape index (κ1) is 17.3. The molecule has 132 valence electrons. The summed E-state index contributed by atoms with van der Waals surface area (Å²) in [4.78, 5) is 39.9. The van der Waals surface area contributed by atoms with E-state index >= 15 is 0 Å². The van der Waals surface area contributed by atoms with Crippen LogP contribution in [0.15, 0.2) is 41.3 Å². The maximum Gasteiger partial charge on any atom is 0.340 e. The fourth-order valence-corrected chi connectivity index (χ4v) is 2.97. The summed E-state index contributed by atoms with van der Waals surface area (Å²) in [5.74, 6) is -0.576. The van der Waals surface area contributed by atoms with E-state index in [1.54, 1.807) is 26.0 Å². The second-order valence-corrected chi connectivity index (χ2v) is 5.71. The van der Waals surface area contributed by atoms with Gasteiger partial charge in [-0.3, -0.25) is 24.5 Å². The molecule has 0 saturated heterocycles. The Bertz CT molecular complexity index is 1120. The number of pyridine rings is 2. The Kier molecular flexibility index (Phi) is 4.25. The highest BCUT2D eigenvalue weighted by atomic mass is 16.6. The molecule has 0 aliphatic heterocycles. The number of aryl methyl sites for hydroxylation is 2. The number of carbonyl (C=O) groups is 1. The lowest BCUT2D eigenvalue weighted by Gasteiger charge is -2.12. The van der Waals surface area contributed by atoms with E-state index in [0.29, 0.717) is 22.5 Å². The molecule has 0 unspecified atom stereocenters. The van der Waals surface area contributed by atoms with Crippen molar-refractivity contribution in [2.45, 2.75) is 13.8 Å². The lowest BCUT2D eigenvalue weighted by atomic mass is 10.0. The first-order valence-electron chi connectivity index (χ1n) is 7.71. The number of nitro benzene ring substituents is 1. The van der Waals surface area contributed by atoms with Gasteiger partial charge in [-0.25, -0.2) is 4.79 Å². The summed E-state index contributed by atoms with van der Waals surface area (Å²) in [6.07, 6.45) is 1.48. The van der Waals surface area contributed by atoms with E-state index in [9.17, 15) is 19.7 Å². The van der Waals surface area contributed by atoms with Crippen LogP contribution in [-0.4, -0.2) is 27.6 Å². The van der Waals surface area contributed by atoms with Gasteiger partial charge in [0.05, 0.1) is 40.1 Å². The Morgan fingerprint density at radius 2 is 1.96 bits per heavy atom. The lowest BCUT2D eigenvalue weighted by Crippen LogP contribution is -2.21. The standard InChI is InChI=1S/C18H15N3O5/c1-10-15-14(16(11(2)19-10)18(23)26-3)7-8-20(17(15)22)12-5-4-6-13(9-12)21(24)25/h4-9H,1-3H3. The molecule has 0 saturated carbocycles. The fraction of sp³-hybridized carbons (Fsp3) is 0.167. The summed E-state index contributed by atoms with van der Waals surface area (Å²) in [6.45, 7) is 3.35. The summed E-state index contributed by atoms with van der Waals surface area (Å²) in [5, 5.41) is 11.7. The van der Waals surface area contributed by atoms with Crippen molar-refractivity contribution in [2.24, 2.45) is 0 Å². The molecule has 8 nitrogen and oxygen atoms in total. The van der Waals surface area contributed by atoms with Crippen LogP contribution in [0.25, 0.3) is 16.5 Å². The highest BCUT2D eigenvalue weighted by Gasteiger charge is 2.20. The summed E-state index contributed by atoms with van der Waals surface area (Å²) >= 11 is 0. The monoisotopic (exact) mass is 353 g/mol. The van der Waals surface area contributed by atoms with E-state index in [2.05, 4.69) is 4.98 Å². The van der Waals surface area contributed by atoms with Crippen LogP contribution in [0.5, 0.6) is 0 Å². The quantitative estimate of drug-likeness (QED) is 0.407. The van der Waals surface area contributed by atoms with Crippen LogP contribution < -0.4 is 5.56 Å². The number of non-ortho nitro benzene ring substituents is 1. The van der Waals surface area contributed by atoms with Crippen molar-refractivity contribution in [2.75, 3.05) is 7.11 Å². The number of ether oxygens (including phenoxy) is 1. The van der Waals surface area contributed by atoms with Crippen LogP contribution >= 0.6 is 0 Å². The number of methoxy groups -OCH3 is 1. The average molecular weight is 353 g/mol. The number of esters is 1. The zero-order valence-electron chi connectivity index (χ0n) is 14.3. The molecule has 8 heteroatoms. The molecule has 0 spiro atoms. The van der Waals surface area contributed by atoms with E-state index < -0.39 is 16.5 Å². The number of benzene rings is 1. The van der Waals surface area contributed by atoms with Gasteiger partial charge in [-0.1, -0.05) is 6.07 Å². The maximum atomic E-state index is 13.0. The molecule has 0 bridgehead atoms. The average Bonchev–Trinajstić information content (AvgIpc) is 2.61. The third kappa shape index (κ3) is 2.71. The molecule has 2 aromatic heterocycles. The number of hydrogen-bond donors (Lipinski definition) is 0. The molecule has 0 atom stereocenters. The first-order chi connectivity index (χ1) is 12.3. The Labute approximate surface area is 147 Å². The number of carbonyl (C=O) groups excluding carboxylic acids is 1. The zero-order chi connectivity index (χ0) is 19.0. The van der Waals surface area contributed by atoms with Crippen LogP contribution in [0.4, 0.5) is 5.69 Å². The third-order valence-electron chi connectivity index (χ3n) is 4.13. The highest BCUT2D eigenvalue weighted by Crippen LogP contribution is 2.23. The molecule has 3 aromatic rings. The minimum absolute atomic E-state index is 0.122. The molecule has 26 heavy (non-hydrogen) atoms. The van der Waals surface area contributed by atoms with Crippen molar-refractivity contribution in [1.29, 1.82) is 0 Å². The Hall–Kier alpha value is -3.55. The lowest BCUT2D eigenvalue weighted by molar-refractivity contribution is -0.384. The summed E-state index contributed by atoms with van der Waals surface area (Å²) in [5.41, 5.74) is 0.980. The molecule has 0 radical (unpaired) electrons. The molecule has 2 heterocycles. The predicted octanol–water partition coefficient (Wildman–Crippen LogP) is 2.70. The van der Waals surface area contributed by atoms with Gasteiger partial charge in [-0.05, 0) is 26.0 Å². The van der Waals surface area contributed by atoms with E-state index in [-0.39, 0.29) is 16.6 Å². The number of hydrogen-bond acceptors (Lipinski definition) is 6. The summed E-state index contributed by atoms with van der Waals surface area (Å²) in [7, 11) is 1.26. The Morgan fingerprint density at radius 3 is 2.62 bits per heavy atom. The SMILES string of the molecule is COC(=O)c1c(C)nc(C)c2c(=O)n(-c3cccc([N+](=O)[O-])c3)ccc12. The van der Waals surface area contributed by atoms with Crippen molar-refractivity contribution in [3.8, 4) is 5.69 Å². The number of nitrogens with zero attached hydrogens (tertiary/aromatic N) is 3. The van der Waals surface area contributed by atoms with E-state index in [0.717, 1.165) is 0 Å². The van der Waals surface area contributed by atoms with E-state index in [1.165, 1.54) is 36.1 Å². The van der Waals surface area contributed by atoms with Crippen LogP contribution in [-0.2, 0) is 4.74 Å². The molecule has 0 N–H and O–H groups in total. The van der Waals surface area contributed by atoms with Gasteiger partial charge in [0.15, 0.2) is 0 Å². The summed E-state index contributed by atoms with van der Waals surface area (Å²) < 4.78 is 6.09. The van der Waals surface area contributed by atoms with E-state index in [1.807, 2.05) is 0 Å². The van der Waals surface area contributed by atoms with Gasteiger partial charge in [0.1, 0.15) is 0 Å². The van der Waals surface area contributed by atoms with Crippen molar-refractivity contribution in [1.82, 2.24) is 9.55 Å². The maximum absolute atomic E-state index is 13.0. The second-order valence-electron chi connectivity index (χ2n) is 5.71. The molecule has 1 aromatic carbocycles. The minimum atomic E-state index is -0.576. The minimum Gasteiger partial charge on any atom is -0.465 e. The van der Waals surface area contributed by atoms with Crippen molar-refractivity contribution in [3.63, 3.8) is 0 Å². The number of nitro groups is 1. The molecule has 0 fully saturated rings. The largest absolute Gasteiger partial charge is 0.465 e. The number of rotatable bonds is 3. The summed E-state index contributed by atoms with van der Waals surface area (Å²) in [6, 6.07) is 7.37. The van der Waals surface area contributed by atoms with Gasteiger partial charge in [-0.15, -0.1) is 0 Å². The van der Waals surface area contributed by atoms with E-state index in [4.69, 9.17) is 4.74 Å². The second kappa shape index (κ2) is 6.40. The van der Waals surface area contributed by atoms with Gasteiger partial charge in [0.2, 0.25) is 0 Å². The van der Waals surface area contributed by atoms with Crippen LogP contribution in [0.1, 0.15) is 21.7 Å². The topological polar surface area (TPSA) is 104 Å². The molecular formula is C18H15N3O5.